The third-order valence-electron chi connectivity index (χ3n) is 6.41. The molecular formula is C26H27N5O4S. The summed E-state index contributed by atoms with van der Waals surface area (Å²) in [5.41, 5.74) is 4.51. The number of methoxy groups -OCH3 is 2. The summed E-state index contributed by atoms with van der Waals surface area (Å²) in [6, 6.07) is 15.9. The molecule has 0 saturated carbocycles. The van der Waals surface area contributed by atoms with Crippen LogP contribution in [0.2, 0.25) is 0 Å². The Morgan fingerprint density at radius 2 is 1.47 bits per heavy atom. The smallest absolute Gasteiger partial charge is 0.211 e. The van der Waals surface area contributed by atoms with Crippen molar-refractivity contribution in [3.05, 3.63) is 61.1 Å². The number of ether oxygens (including phenoxy) is 2. The summed E-state index contributed by atoms with van der Waals surface area (Å²) < 4.78 is 35.9. The number of hydrogen-bond acceptors (Lipinski definition) is 8. The van der Waals surface area contributed by atoms with E-state index in [1.54, 1.807) is 20.5 Å². The van der Waals surface area contributed by atoms with Crippen molar-refractivity contribution in [1.29, 1.82) is 0 Å². The summed E-state index contributed by atoms with van der Waals surface area (Å²) >= 11 is 0. The molecule has 186 valence electrons. The van der Waals surface area contributed by atoms with E-state index in [4.69, 9.17) is 9.47 Å². The van der Waals surface area contributed by atoms with Gasteiger partial charge < -0.3 is 14.4 Å². The molecule has 0 N–H and O–H groups in total. The van der Waals surface area contributed by atoms with Gasteiger partial charge in [0.1, 0.15) is 12.1 Å². The summed E-state index contributed by atoms with van der Waals surface area (Å²) in [6.45, 7) is 2.12. The second-order valence-corrected chi connectivity index (χ2v) is 10.6. The number of benzene rings is 2. The van der Waals surface area contributed by atoms with E-state index in [0.717, 1.165) is 39.1 Å². The van der Waals surface area contributed by atoms with Gasteiger partial charge in [0.25, 0.3) is 0 Å². The second-order valence-electron chi connectivity index (χ2n) is 8.58. The van der Waals surface area contributed by atoms with Crippen LogP contribution >= 0.6 is 0 Å². The van der Waals surface area contributed by atoms with Crippen LogP contribution in [0.4, 0.5) is 5.82 Å². The lowest BCUT2D eigenvalue weighted by molar-refractivity contribution is 0.355. The average Bonchev–Trinajstić information content (AvgIpc) is 2.91. The quantitative estimate of drug-likeness (QED) is 0.393. The van der Waals surface area contributed by atoms with Crippen LogP contribution in [0.25, 0.3) is 33.3 Å². The number of piperazine rings is 1. The first-order valence-corrected chi connectivity index (χ1v) is 13.4. The largest absolute Gasteiger partial charge is 0.493 e. The molecule has 3 heterocycles. The molecule has 10 heteroatoms. The maximum absolute atomic E-state index is 11.8. The Labute approximate surface area is 210 Å². The van der Waals surface area contributed by atoms with Gasteiger partial charge >= 0.3 is 0 Å². The van der Waals surface area contributed by atoms with Crippen molar-refractivity contribution in [2.24, 2.45) is 0 Å². The van der Waals surface area contributed by atoms with Crippen LogP contribution in [0.1, 0.15) is 0 Å². The molecule has 2 aromatic heterocycles. The molecular weight excluding hydrogens is 478 g/mol. The Bertz CT molecular complexity index is 1500. The maximum atomic E-state index is 11.8. The number of pyridine rings is 1. The molecule has 36 heavy (non-hydrogen) atoms. The lowest BCUT2D eigenvalue weighted by Crippen LogP contribution is -2.48. The van der Waals surface area contributed by atoms with E-state index >= 15 is 0 Å². The van der Waals surface area contributed by atoms with Crippen molar-refractivity contribution < 1.29 is 17.9 Å². The molecule has 0 atom stereocenters. The first-order valence-electron chi connectivity index (χ1n) is 11.5. The molecule has 5 rings (SSSR count). The van der Waals surface area contributed by atoms with E-state index in [9.17, 15) is 8.42 Å². The molecule has 0 unspecified atom stereocenters. The van der Waals surface area contributed by atoms with Gasteiger partial charge in [0.2, 0.25) is 10.0 Å². The summed E-state index contributed by atoms with van der Waals surface area (Å²) in [7, 11) is 0.0709. The van der Waals surface area contributed by atoms with E-state index in [0.29, 0.717) is 37.7 Å². The minimum absolute atomic E-state index is 0.456. The van der Waals surface area contributed by atoms with Crippen molar-refractivity contribution >= 4 is 26.7 Å². The van der Waals surface area contributed by atoms with Crippen LogP contribution in [0.15, 0.2) is 61.1 Å². The van der Waals surface area contributed by atoms with E-state index in [2.05, 4.69) is 25.9 Å². The van der Waals surface area contributed by atoms with Crippen LogP contribution in [-0.4, -0.2) is 74.3 Å². The van der Waals surface area contributed by atoms with Gasteiger partial charge in [-0.3, -0.25) is 0 Å². The third-order valence-corrected chi connectivity index (χ3v) is 7.71. The fourth-order valence-corrected chi connectivity index (χ4v) is 5.27. The fraction of sp³-hybridized carbons (Fsp3) is 0.269. The Kier molecular flexibility index (Phi) is 6.46. The number of aromatic nitrogens is 3. The lowest BCUT2D eigenvalue weighted by Gasteiger charge is -2.34. The summed E-state index contributed by atoms with van der Waals surface area (Å²) in [4.78, 5) is 15.8. The summed E-state index contributed by atoms with van der Waals surface area (Å²) in [5, 5.41) is 0.918. The summed E-state index contributed by atoms with van der Waals surface area (Å²) in [5.74, 6) is 2.16. The van der Waals surface area contributed by atoms with E-state index in [-0.39, 0.29) is 0 Å². The molecule has 0 radical (unpaired) electrons. The normalized spacial score (nSPS) is 14.7. The molecule has 2 aromatic carbocycles. The van der Waals surface area contributed by atoms with E-state index in [1.165, 1.54) is 10.6 Å². The van der Waals surface area contributed by atoms with Crippen LogP contribution in [-0.2, 0) is 10.0 Å². The monoisotopic (exact) mass is 505 g/mol. The van der Waals surface area contributed by atoms with Crippen molar-refractivity contribution in [2.45, 2.75) is 0 Å². The molecule has 0 bridgehead atoms. The molecule has 4 aromatic rings. The predicted molar refractivity (Wildman–Crippen MR) is 140 cm³/mol. The molecule has 1 fully saturated rings. The number of sulfonamides is 1. The first kappa shape index (κ1) is 24.0. The van der Waals surface area contributed by atoms with Gasteiger partial charge in [-0.1, -0.05) is 12.1 Å². The van der Waals surface area contributed by atoms with Gasteiger partial charge in [0, 0.05) is 43.3 Å². The van der Waals surface area contributed by atoms with Crippen LogP contribution in [0.5, 0.6) is 11.5 Å². The number of nitrogens with zero attached hydrogens (tertiary/aromatic N) is 5. The zero-order valence-corrected chi connectivity index (χ0v) is 21.2. The molecule has 0 spiro atoms. The van der Waals surface area contributed by atoms with Gasteiger partial charge in [-0.25, -0.2) is 23.4 Å². The van der Waals surface area contributed by atoms with Crippen LogP contribution in [0.3, 0.4) is 0 Å². The van der Waals surface area contributed by atoms with Crippen molar-refractivity contribution in [3.63, 3.8) is 0 Å². The maximum Gasteiger partial charge on any atom is 0.211 e. The highest BCUT2D eigenvalue weighted by Gasteiger charge is 2.24. The molecule has 0 aliphatic carbocycles. The van der Waals surface area contributed by atoms with Crippen molar-refractivity contribution in [2.75, 3.05) is 51.6 Å². The molecule has 0 amide bonds. The van der Waals surface area contributed by atoms with Crippen molar-refractivity contribution in [3.8, 4) is 33.9 Å². The number of hydrogen-bond donors (Lipinski definition) is 0. The Hall–Kier alpha value is -3.76. The second kappa shape index (κ2) is 9.71. The standard InChI is InChI=1S/C26H27N5O4S/c1-34-23-8-5-19(15-24(23)35-2)18-4-7-22-21(14-18)26(29-17-28-22)20-6-9-25(27-16-20)30-10-12-31(13-11-30)36(3,32)33/h4-9,14-17H,10-13H2,1-3H3. The third kappa shape index (κ3) is 4.69. The van der Waals surface area contributed by atoms with Gasteiger partial charge in [-0.2, -0.15) is 4.31 Å². The molecule has 1 aliphatic rings. The van der Waals surface area contributed by atoms with Gasteiger partial charge in [0.15, 0.2) is 11.5 Å². The Morgan fingerprint density at radius 3 is 2.14 bits per heavy atom. The average molecular weight is 506 g/mol. The van der Waals surface area contributed by atoms with E-state index < -0.39 is 10.0 Å². The SMILES string of the molecule is COc1ccc(-c2ccc3ncnc(-c4ccc(N5CCN(S(C)(=O)=O)CC5)nc4)c3c2)cc1OC. The minimum atomic E-state index is -3.17. The molecule has 1 saturated heterocycles. The van der Waals surface area contributed by atoms with Crippen molar-refractivity contribution in [1.82, 2.24) is 19.3 Å². The van der Waals surface area contributed by atoms with Gasteiger partial charge in [0.05, 0.1) is 31.7 Å². The summed E-state index contributed by atoms with van der Waals surface area (Å²) in [6.07, 6.45) is 4.62. The van der Waals surface area contributed by atoms with Crippen LogP contribution in [0, 0.1) is 0 Å². The topological polar surface area (TPSA) is 97.8 Å². The fourth-order valence-electron chi connectivity index (χ4n) is 4.44. The zero-order chi connectivity index (χ0) is 25.3. The predicted octanol–water partition coefficient (Wildman–Crippen LogP) is 3.46. The highest BCUT2D eigenvalue weighted by atomic mass is 32.2. The highest BCUT2D eigenvalue weighted by Crippen LogP contribution is 2.35. The lowest BCUT2D eigenvalue weighted by atomic mass is 10.0. The minimum Gasteiger partial charge on any atom is -0.493 e. The van der Waals surface area contributed by atoms with Gasteiger partial charge in [-0.05, 0) is 47.5 Å². The first-order chi connectivity index (χ1) is 17.4. The van der Waals surface area contributed by atoms with E-state index in [1.807, 2.05) is 48.7 Å². The number of fused-ring (bicyclic) bond motifs is 1. The highest BCUT2D eigenvalue weighted by molar-refractivity contribution is 7.88. The molecule has 1 aliphatic heterocycles. The van der Waals surface area contributed by atoms with Gasteiger partial charge in [-0.15, -0.1) is 0 Å². The molecule has 9 nitrogen and oxygen atoms in total. The Balaban J connectivity index is 1.44. The Morgan fingerprint density at radius 1 is 0.778 bits per heavy atom. The zero-order valence-electron chi connectivity index (χ0n) is 20.4. The van der Waals surface area contributed by atoms with Crippen LogP contribution < -0.4 is 14.4 Å². The number of anilines is 1. The number of rotatable bonds is 6.